The summed E-state index contributed by atoms with van der Waals surface area (Å²) in [5.74, 6) is 0.529. The first kappa shape index (κ1) is 19.0. The molecule has 1 aliphatic rings. The van der Waals surface area contributed by atoms with E-state index >= 15 is 0 Å². The lowest BCUT2D eigenvalue weighted by molar-refractivity contribution is -0.131. The van der Waals surface area contributed by atoms with Crippen LogP contribution in [0.1, 0.15) is 39.9 Å². The Balaban J connectivity index is 1.59. The van der Waals surface area contributed by atoms with Gasteiger partial charge in [-0.15, -0.1) is 0 Å². The second-order valence-corrected chi connectivity index (χ2v) is 7.08. The Morgan fingerprint density at radius 1 is 1.07 bits per heavy atom. The number of rotatable bonds is 7. The number of carbonyl (C=O) groups is 2. The van der Waals surface area contributed by atoms with Crippen LogP contribution in [0.3, 0.4) is 0 Å². The fraction of sp³-hybridized carbons (Fsp3) is 0.364. The molecule has 1 saturated carbocycles. The molecule has 0 atom stereocenters. The molecule has 27 heavy (non-hydrogen) atoms. The summed E-state index contributed by atoms with van der Waals surface area (Å²) in [4.78, 5) is 26.9. The van der Waals surface area contributed by atoms with Gasteiger partial charge >= 0.3 is 0 Å². The number of nitrogens with zero attached hydrogens (tertiary/aromatic N) is 1. The third-order valence-corrected chi connectivity index (χ3v) is 4.99. The quantitative estimate of drug-likeness (QED) is 0.818. The molecule has 3 rings (SSSR count). The first-order valence-electron chi connectivity index (χ1n) is 9.26. The lowest BCUT2D eigenvalue weighted by atomic mass is 10.1. The van der Waals surface area contributed by atoms with E-state index in [-0.39, 0.29) is 24.4 Å². The first-order valence-corrected chi connectivity index (χ1v) is 9.26. The van der Waals surface area contributed by atoms with Crippen molar-refractivity contribution in [2.75, 3.05) is 13.7 Å². The van der Waals surface area contributed by atoms with Crippen LogP contribution in [-0.2, 0) is 11.3 Å². The molecule has 2 aromatic rings. The third-order valence-electron chi connectivity index (χ3n) is 4.99. The molecule has 5 nitrogen and oxygen atoms in total. The van der Waals surface area contributed by atoms with Gasteiger partial charge < -0.3 is 15.0 Å². The molecule has 1 fully saturated rings. The summed E-state index contributed by atoms with van der Waals surface area (Å²) < 4.78 is 5.18. The number of nitrogens with one attached hydrogen (secondary N) is 1. The first-order chi connectivity index (χ1) is 13.0. The van der Waals surface area contributed by atoms with Gasteiger partial charge in [-0.1, -0.05) is 18.2 Å². The van der Waals surface area contributed by atoms with Gasteiger partial charge in [0, 0.05) is 18.2 Å². The largest absolute Gasteiger partial charge is 0.497 e. The van der Waals surface area contributed by atoms with E-state index in [1.54, 1.807) is 13.2 Å². The Kier molecular flexibility index (Phi) is 5.79. The van der Waals surface area contributed by atoms with Gasteiger partial charge in [-0.2, -0.15) is 0 Å². The molecule has 1 N–H and O–H groups in total. The molecule has 2 amide bonds. The van der Waals surface area contributed by atoms with Gasteiger partial charge in [0.05, 0.1) is 13.7 Å². The van der Waals surface area contributed by atoms with Crippen LogP contribution < -0.4 is 10.1 Å². The summed E-state index contributed by atoms with van der Waals surface area (Å²) >= 11 is 0. The minimum Gasteiger partial charge on any atom is -0.497 e. The minimum atomic E-state index is -0.216. The van der Waals surface area contributed by atoms with E-state index in [1.807, 2.05) is 55.1 Å². The molecule has 5 heteroatoms. The van der Waals surface area contributed by atoms with E-state index in [1.165, 1.54) is 0 Å². The normalized spacial score (nSPS) is 13.1. The minimum absolute atomic E-state index is 0.0123. The lowest BCUT2D eigenvalue weighted by Crippen LogP contribution is -2.41. The molecular formula is C22H26N2O3. The van der Waals surface area contributed by atoms with Crippen LogP contribution in [0.5, 0.6) is 5.75 Å². The van der Waals surface area contributed by atoms with Gasteiger partial charge in [-0.25, -0.2) is 0 Å². The summed E-state index contributed by atoms with van der Waals surface area (Å²) in [6, 6.07) is 13.6. The number of carbonyl (C=O) groups excluding carboxylic acids is 2. The average Bonchev–Trinajstić information content (AvgIpc) is 3.51. The van der Waals surface area contributed by atoms with Gasteiger partial charge in [0.25, 0.3) is 5.91 Å². The molecule has 2 aromatic carbocycles. The Bertz CT molecular complexity index is 826. The van der Waals surface area contributed by atoms with Gasteiger partial charge in [0.1, 0.15) is 5.75 Å². The predicted molar refractivity (Wildman–Crippen MR) is 105 cm³/mol. The van der Waals surface area contributed by atoms with Crippen molar-refractivity contribution in [2.45, 2.75) is 39.3 Å². The maximum atomic E-state index is 12.7. The Labute approximate surface area is 160 Å². The van der Waals surface area contributed by atoms with E-state index in [0.717, 1.165) is 35.3 Å². The van der Waals surface area contributed by atoms with Gasteiger partial charge in [-0.3, -0.25) is 9.59 Å². The number of methoxy groups -OCH3 is 1. The summed E-state index contributed by atoms with van der Waals surface area (Å²) in [5, 5.41) is 2.76. The van der Waals surface area contributed by atoms with Crippen LogP contribution in [-0.4, -0.2) is 36.4 Å². The van der Waals surface area contributed by atoms with E-state index in [9.17, 15) is 9.59 Å². The van der Waals surface area contributed by atoms with Crippen molar-refractivity contribution in [1.29, 1.82) is 0 Å². The van der Waals surface area contributed by atoms with Crippen LogP contribution in [0.4, 0.5) is 0 Å². The summed E-state index contributed by atoms with van der Waals surface area (Å²) in [5.41, 5.74) is 3.84. The summed E-state index contributed by atoms with van der Waals surface area (Å²) in [6.45, 7) is 4.54. The Hall–Kier alpha value is -2.82. The predicted octanol–water partition coefficient (Wildman–Crippen LogP) is 3.23. The fourth-order valence-corrected chi connectivity index (χ4v) is 2.98. The van der Waals surface area contributed by atoms with E-state index in [0.29, 0.717) is 12.1 Å². The van der Waals surface area contributed by atoms with Crippen molar-refractivity contribution in [1.82, 2.24) is 10.2 Å². The zero-order valence-corrected chi connectivity index (χ0v) is 16.1. The highest BCUT2D eigenvalue weighted by molar-refractivity contribution is 5.96. The van der Waals surface area contributed by atoms with Crippen molar-refractivity contribution in [3.05, 3.63) is 64.7 Å². The molecule has 0 aliphatic heterocycles. The maximum Gasteiger partial charge on any atom is 0.251 e. The number of hydrogen-bond acceptors (Lipinski definition) is 3. The molecule has 0 radical (unpaired) electrons. The van der Waals surface area contributed by atoms with Crippen molar-refractivity contribution >= 4 is 11.8 Å². The molecular weight excluding hydrogens is 340 g/mol. The Morgan fingerprint density at radius 2 is 1.78 bits per heavy atom. The molecule has 0 aromatic heterocycles. The number of benzene rings is 2. The maximum absolute atomic E-state index is 12.7. The Morgan fingerprint density at radius 3 is 2.37 bits per heavy atom. The number of hydrogen-bond donors (Lipinski definition) is 1. The van der Waals surface area contributed by atoms with E-state index < -0.39 is 0 Å². The highest BCUT2D eigenvalue weighted by atomic mass is 16.5. The zero-order valence-electron chi connectivity index (χ0n) is 16.1. The highest BCUT2D eigenvalue weighted by Crippen LogP contribution is 2.28. The molecule has 1 aliphatic carbocycles. The number of aryl methyl sites for hydroxylation is 2. The SMILES string of the molecule is COc1ccc(CN(C(=O)CNC(=O)c2ccc(C)c(C)c2)C2CC2)cc1. The van der Waals surface area contributed by atoms with Crippen LogP contribution >= 0.6 is 0 Å². The molecule has 0 bridgehead atoms. The van der Waals surface area contributed by atoms with Crippen LogP contribution in [0.25, 0.3) is 0 Å². The van der Waals surface area contributed by atoms with Crippen LogP contribution in [0.2, 0.25) is 0 Å². The lowest BCUT2D eigenvalue weighted by Gasteiger charge is -2.23. The average molecular weight is 366 g/mol. The second-order valence-electron chi connectivity index (χ2n) is 7.08. The summed E-state index contributed by atoms with van der Waals surface area (Å²) in [6.07, 6.45) is 2.04. The monoisotopic (exact) mass is 366 g/mol. The summed E-state index contributed by atoms with van der Waals surface area (Å²) in [7, 11) is 1.63. The zero-order chi connectivity index (χ0) is 19.4. The van der Waals surface area contributed by atoms with Crippen molar-refractivity contribution < 1.29 is 14.3 Å². The molecule has 142 valence electrons. The number of ether oxygens (including phenoxy) is 1. The standard InChI is InChI=1S/C22H26N2O3/c1-15-4-7-18(12-16(15)2)22(26)23-13-21(25)24(19-8-9-19)14-17-5-10-20(27-3)11-6-17/h4-7,10-12,19H,8-9,13-14H2,1-3H3,(H,23,26). The topological polar surface area (TPSA) is 58.6 Å². The molecule has 0 saturated heterocycles. The van der Waals surface area contributed by atoms with Crippen LogP contribution in [0.15, 0.2) is 42.5 Å². The number of amides is 2. The van der Waals surface area contributed by atoms with Crippen molar-refractivity contribution in [2.24, 2.45) is 0 Å². The van der Waals surface area contributed by atoms with Crippen LogP contribution in [0, 0.1) is 13.8 Å². The third kappa shape index (κ3) is 4.88. The molecule has 0 unspecified atom stereocenters. The van der Waals surface area contributed by atoms with Crippen molar-refractivity contribution in [3.8, 4) is 5.75 Å². The van der Waals surface area contributed by atoms with E-state index in [2.05, 4.69) is 5.32 Å². The highest BCUT2D eigenvalue weighted by Gasteiger charge is 2.32. The van der Waals surface area contributed by atoms with Crippen molar-refractivity contribution in [3.63, 3.8) is 0 Å². The molecule has 0 heterocycles. The van der Waals surface area contributed by atoms with Gasteiger partial charge in [-0.05, 0) is 67.6 Å². The van der Waals surface area contributed by atoms with Gasteiger partial charge in [0.15, 0.2) is 0 Å². The van der Waals surface area contributed by atoms with E-state index in [4.69, 9.17) is 4.74 Å². The van der Waals surface area contributed by atoms with Gasteiger partial charge in [0.2, 0.25) is 5.91 Å². The fourth-order valence-electron chi connectivity index (χ4n) is 2.98. The smallest absolute Gasteiger partial charge is 0.251 e. The molecule has 0 spiro atoms. The second kappa shape index (κ2) is 8.25.